The van der Waals surface area contributed by atoms with Crippen molar-refractivity contribution in [3.8, 4) is 0 Å². The zero-order valence-electron chi connectivity index (χ0n) is 36.8. The lowest BCUT2D eigenvalue weighted by Gasteiger charge is -2.71. The summed E-state index contributed by atoms with van der Waals surface area (Å²) in [6.07, 6.45) is 25.7. The fraction of sp³-hybridized carbons (Fsp3) is 0.796. The average Bonchev–Trinajstić information content (AvgIpc) is 3.08. The van der Waals surface area contributed by atoms with E-state index in [0.717, 1.165) is 82.3 Å². The summed E-state index contributed by atoms with van der Waals surface area (Å²) >= 11 is 1.93. The number of fused-ring (bicyclic) bond motifs is 7. The maximum absolute atomic E-state index is 14.0. The summed E-state index contributed by atoms with van der Waals surface area (Å²) < 4.78 is 5.97. The van der Waals surface area contributed by atoms with E-state index in [0.29, 0.717) is 17.8 Å². The Morgan fingerprint density at radius 3 is 2.17 bits per heavy atom. The lowest BCUT2D eigenvalue weighted by molar-refractivity contribution is -0.212. The predicted molar refractivity (Wildman–Crippen MR) is 230 cm³/mol. The van der Waals surface area contributed by atoms with Gasteiger partial charge in [-0.25, -0.2) is 0 Å². The molecule has 0 aromatic carbocycles. The first kappa shape index (κ1) is 43.4. The van der Waals surface area contributed by atoms with Crippen LogP contribution in [0, 0.1) is 50.2 Å². The first-order valence-electron chi connectivity index (χ1n) is 21.9. The van der Waals surface area contributed by atoms with Gasteiger partial charge in [0.2, 0.25) is 5.91 Å². The van der Waals surface area contributed by atoms with Crippen molar-refractivity contribution in [3.05, 3.63) is 46.6 Å². The molecule has 304 valence electrons. The Balaban J connectivity index is 1.18. The molecule has 4 fully saturated rings. The van der Waals surface area contributed by atoms with Gasteiger partial charge in [0.25, 0.3) is 0 Å². The Morgan fingerprint density at radius 1 is 0.815 bits per heavy atom. The zero-order chi connectivity index (χ0) is 39.7. The number of carbonyl (C=O) groups excluding carboxylic acids is 2. The third-order valence-corrected chi connectivity index (χ3v) is 17.7. The largest absolute Gasteiger partial charge is 0.462 e. The molecule has 2 unspecified atom stereocenters. The van der Waals surface area contributed by atoms with Gasteiger partial charge in [-0.05, 0) is 157 Å². The van der Waals surface area contributed by atoms with Crippen LogP contribution in [0.2, 0.25) is 0 Å². The minimum atomic E-state index is -0.317. The van der Waals surface area contributed by atoms with Crippen LogP contribution in [0.5, 0.6) is 0 Å². The molecule has 9 atom stereocenters. The van der Waals surface area contributed by atoms with Crippen molar-refractivity contribution in [2.75, 3.05) is 18.1 Å². The van der Waals surface area contributed by atoms with Gasteiger partial charge >= 0.3 is 5.97 Å². The molecule has 5 heteroatoms. The van der Waals surface area contributed by atoms with Crippen LogP contribution < -0.4 is 5.32 Å². The first-order valence-corrected chi connectivity index (χ1v) is 23.1. The van der Waals surface area contributed by atoms with E-state index in [1.807, 2.05) is 11.8 Å². The normalized spacial score (nSPS) is 38.9. The number of rotatable bonds is 13. The topological polar surface area (TPSA) is 55.4 Å². The van der Waals surface area contributed by atoms with Gasteiger partial charge < -0.3 is 10.1 Å². The van der Waals surface area contributed by atoms with Gasteiger partial charge in [-0.15, -0.1) is 0 Å². The van der Waals surface area contributed by atoms with Gasteiger partial charge in [0.05, 0.1) is 0 Å². The molecule has 0 aromatic heterocycles. The Hall–Kier alpha value is -1.75. The molecule has 5 aliphatic rings. The van der Waals surface area contributed by atoms with Crippen LogP contribution in [0.15, 0.2) is 46.6 Å². The number of hydrogen-bond donors (Lipinski definition) is 1. The fourth-order valence-corrected chi connectivity index (χ4v) is 13.8. The molecule has 0 spiro atoms. The molecule has 0 bridgehead atoms. The van der Waals surface area contributed by atoms with Gasteiger partial charge in [-0.3, -0.25) is 9.59 Å². The summed E-state index contributed by atoms with van der Waals surface area (Å²) in [5.74, 6) is 3.75. The molecule has 0 heterocycles. The summed E-state index contributed by atoms with van der Waals surface area (Å²) in [7, 11) is 0. The number of allylic oxidation sites excluding steroid dienone is 7. The third-order valence-electron chi connectivity index (χ3n) is 16.8. The maximum atomic E-state index is 14.0. The highest BCUT2D eigenvalue weighted by Crippen LogP contribution is 2.75. The van der Waals surface area contributed by atoms with Crippen molar-refractivity contribution in [1.82, 2.24) is 5.32 Å². The molecular formula is C49H79NO3S. The van der Waals surface area contributed by atoms with E-state index in [4.69, 9.17) is 4.74 Å². The van der Waals surface area contributed by atoms with Crippen LogP contribution in [0.3, 0.4) is 0 Å². The molecule has 54 heavy (non-hydrogen) atoms. The number of amides is 1. The second kappa shape index (κ2) is 16.6. The molecule has 4 nitrogen and oxygen atoms in total. The number of hydrogen-bond acceptors (Lipinski definition) is 4. The lowest BCUT2D eigenvalue weighted by Crippen LogP contribution is -2.64. The van der Waals surface area contributed by atoms with Gasteiger partial charge in [0, 0.05) is 35.8 Å². The highest BCUT2D eigenvalue weighted by molar-refractivity contribution is 7.99. The van der Waals surface area contributed by atoms with Crippen LogP contribution in [0.25, 0.3) is 0 Å². The van der Waals surface area contributed by atoms with Crippen molar-refractivity contribution in [2.24, 2.45) is 50.2 Å². The zero-order valence-corrected chi connectivity index (χ0v) is 37.6. The maximum Gasteiger partial charge on any atom is 0.302 e. The van der Waals surface area contributed by atoms with Gasteiger partial charge in [-0.1, -0.05) is 95.1 Å². The molecule has 0 aromatic rings. The highest BCUT2D eigenvalue weighted by Gasteiger charge is 2.68. The number of nitrogens with one attached hydrogen (secondary N) is 1. The van der Waals surface area contributed by atoms with Crippen LogP contribution in [-0.2, 0) is 14.3 Å². The van der Waals surface area contributed by atoms with E-state index in [1.165, 1.54) is 42.4 Å². The molecular weight excluding hydrogens is 683 g/mol. The third kappa shape index (κ3) is 8.43. The van der Waals surface area contributed by atoms with Crippen LogP contribution in [0.1, 0.15) is 173 Å². The molecule has 0 radical (unpaired) electrons. The molecule has 1 N–H and O–H groups in total. The Bertz CT molecular complexity index is 1520. The molecule has 0 aliphatic heterocycles. The van der Waals surface area contributed by atoms with Crippen molar-refractivity contribution >= 4 is 23.6 Å². The van der Waals surface area contributed by atoms with Crippen molar-refractivity contribution in [2.45, 2.75) is 179 Å². The SMILES string of the molecule is CC(=O)O[C@H]1CC[C@@]2(C)C(CC[C@]3(C)[C@@H]2CC=C2[C@@H]4CC(C)(C(=O)NCCSCC=C(C)CCC=C(C)CCC=C(C)C)CC[C@]4(C)CC[C@]23C)C1(C)C. The van der Waals surface area contributed by atoms with Crippen LogP contribution >= 0.6 is 11.8 Å². The molecule has 5 rings (SSSR count). The standard InChI is InChI=1S/C49H79NO3S/c1-34(2)15-13-16-35(3)17-14-18-36(4)23-31-54-32-30-50-43(52)46(9)27-26-45(8)28-29-48(11)38(39(45)33-46)19-20-41-47(10)24-22-42(53-37(5)51)44(6,7)40(47)21-25-49(41,48)12/h15,17,19,23,39-42H,13-14,16,18,20-22,24-33H2,1-12H3,(H,50,52)/t39-,40?,41+,42-,45+,46?,47-,48+,49+/m0/s1. The van der Waals surface area contributed by atoms with E-state index in [2.05, 4.69) is 106 Å². The Morgan fingerprint density at radius 2 is 1.48 bits per heavy atom. The molecule has 5 aliphatic carbocycles. The summed E-state index contributed by atoms with van der Waals surface area (Å²) in [5.41, 5.74) is 6.62. The number of thioether (sulfide) groups is 1. The van der Waals surface area contributed by atoms with E-state index in [-0.39, 0.29) is 50.5 Å². The summed E-state index contributed by atoms with van der Waals surface area (Å²) in [5, 5.41) is 3.41. The summed E-state index contributed by atoms with van der Waals surface area (Å²) in [6, 6.07) is 0. The van der Waals surface area contributed by atoms with Gasteiger partial charge in [0.15, 0.2) is 0 Å². The first-order chi connectivity index (χ1) is 25.2. The number of carbonyl (C=O) groups is 2. The average molecular weight is 762 g/mol. The molecule has 1 amide bonds. The lowest BCUT2D eigenvalue weighted by atomic mass is 9.33. The quantitative estimate of drug-likeness (QED) is 0.115. The molecule has 4 saturated carbocycles. The second-order valence-corrected chi connectivity index (χ2v) is 22.2. The number of esters is 1. The predicted octanol–water partition coefficient (Wildman–Crippen LogP) is 13.0. The van der Waals surface area contributed by atoms with E-state index in [1.54, 1.807) is 12.5 Å². The van der Waals surface area contributed by atoms with Gasteiger partial charge in [0.1, 0.15) is 6.10 Å². The monoisotopic (exact) mass is 762 g/mol. The van der Waals surface area contributed by atoms with Crippen molar-refractivity contribution in [1.29, 1.82) is 0 Å². The Kier molecular flexibility index (Phi) is 13.3. The smallest absolute Gasteiger partial charge is 0.302 e. The summed E-state index contributed by atoms with van der Waals surface area (Å²) in [4.78, 5) is 26.1. The summed E-state index contributed by atoms with van der Waals surface area (Å²) in [6.45, 7) is 28.7. The minimum absolute atomic E-state index is 0.0126. The highest BCUT2D eigenvalue weighted by atomic mass is 32.2. The molecule has 0 saturated heterocycles. The van der Waals surface area contributed by atoms with Crippen molar-refractivity contribution in [3.63, 3.8) is 0 Å². The van der Waals surface area contributed by atoms with E-state index < -0.39 is 0 Å². The van der Waals surface area contributed by atoms with Gasteiger partial charge in [-0.2, -0.15) is 11.8 Å². The van der Waals surface area contributed by atoms with Crippen molar-refractivity contribution < 1.29 is 14.3 Å². The van der Waals surface area contributed by atoms with E-state index >= 15 is 0 Å². The van der Waals surface area contributed by atoms with E-state index in [9.17, 15) is 9.59 Å². The second-order valence-electron chi connectivity index (χ2n) is 21.0. The number of ether oxygens (including phenoxy) is 1. The van der Waals surface area contributed by atoms with Crippen LogP contribution in [0.4, 0.5) is 0 Å². The minimum Gasteiger partial charge on any atom is -0.462 e. The van der Waals surface area contributed by atoms with Crippen LogP contribution in [-0.4, -0.2) is 36.0 Å². The fourth-order valence-electron chi connectivity index (χ4n) is 13.0. The Labute approximate surface area is 336 Å².